The largest absolute Gasteiger partial charge is 0.461 e. The summed E-state index contributed by atoms with van der Waals surface area (Å²) >= 11 is 0. The molecular weight excluding hydrogens is 239 g/mol. The Balaban J connectivity index is 2.03. The second kappa shape index (κ2) is 3.97. The van der Waals surface area contributed by atoms with Crippen molar-refractivity contribution in [3.05, 3.63) is 0 Å². The highest BCUT2D eigenvalue weighted by molar-refractivity contribution is 7.91. The van der Waals surface area contributed by atoms with Crippen LogP contribution in [0.5, 0.6) is 0 Å². The summed E-state index contributed by atoms with van der Waals surface area (Å²) in [4.78, 5) is 0. The first-order valence-electron chi connectivity index (χ1n) is 6.19. The van der Waals surface area contributed by atoms with Crippen molar-refractivity contribution in [2.45, 2.75) is 57.6 Å². The molecule has 0 spiro atoms. The summed E-state index contributed by atoms with van der Waals surface area (Å²) in [5, 5.41) is 0. The van der Waals surface area contributed by atoms with Gasteiger partial charge < -0.3 is 9.31 Å². The Morgan fingerprint density at radius 3 is 1.82 bits per heavy atom. The van der Waals surface area contributed by atoms with E-state index in [1.807, 2.05) is 27.7 Å². The van der Waals surface area contributed by atoms with E-state index in [2.05, 4.69) is 0 Å². The highest BCUT2D eigenvalue weighted by atomic mass is 32.2. The second-order valence-corrected chi connectivity index (χ2v) is 8.42. The molecule has 0 aromatic heterocycles. The average Bonchev–Trinajstić information content (AvgIpc) is 2.35. The molecule has 0 saturated carbocycles. The molecular formula is C11H21BO4S. The molecule has 17 heavy (non-hydrogen) atoms. The molecule has 0 amide bonds. The second-order valence-electron chi connectivity index (χ2n) is 6.11. The summed E-state index contributed by atoms with van der Waals surface area (Å²) < 4.78 is 34.7. The van der Waals surface area contributed by atoms with Crippen LogP contribution in [0.3, 0.4) is 0 Å². The van der Waals surface area contributed by atoms with Crippen LogP contribution in [0.4, 0.5) is 0 Å². The summed E-state index contributed by atoms with van der Waals surface area (Å²) in [6.45, 7) is 8.08. The third kappa shape index (κ3) is 2.54. The minimum atomic E-state index is -2.81. The van der Waals surface area contributed by atoms with Gasteiger partial charge in [0.15, 0.2) is 0 Å². The van der Waals surface area contributed by atoms with Crippen molar-refractivity contribution >= 4 is 17.0 Å². The Morgan fingerprint density at radius 2 is 1.41 bits per heavy atom. The number of sulfone groups is 1. The van der Waals surface area contributed by atoms with Crippen molar-refractivity contribution in [1.82, 2.24) is 0 Å². The van der Waals surface area contributed by atoms with Crippen molar-refractivity contribution in [3.8, 4) is 0 Å². The van der Waals surface area contributed by atoms with E-state index in [0.29, 0.717) is 12.8 Å². The molecule has 2 rings (SSSR count). The predicted molar refractivity (Wildman–Crippen MR) is 67.7 cm³/mol. The quantitative estimate of drug-likeness (QED) is 0.673. The molecule has 98 valence electrons. The van der Waals surface area contributed by atoms with E-state index in [1.54, 1.807) is 0 Å². The van der Waals surface area contributed by atoms with Gasteiger partial charge >= 0.3 is 7.12 Å². The van der Waals surface area contributed by atoms with Gasteiger partial charge in [-0.05, 0) is 46.4 Å². The molecule has 4 nitrogen and oxygen atoms in total. The van der Waals surface area contributed by atoms with Gasteiger partial charge in [0.05, 0.1) is 11.2 Å². The third-order valence-corrected chi connectivity index (χ3v) is 5.97. The Bertz CT molecular complexity index is 372. The van der Waals surface area contributed by atoms with Gasteiger partial charge in [0, 0.05) is 11.5 Å². The zero-order chi connectivity index (χ0) is 12.9. The van der Waals surface area contributed by atoms with E-state index in [4.69, 9.17) is 9.31 Å². The van der Waals surface area contributed by atoms with Crippen molar-refractivity contribution in [2.75, 3.05) is 11.5 Å². The Kier molecular flexibility index (Phi) is 3.12. The van der Waals surface area contributed by atoms with Gasteiger partial charge in [-0.1, -0.05) is 0 Å². The van der Waals surface area contributed by atoms with E-state index >= 15 is 0 Å². The Morgan fingerprint density at radius 1 is 1.00 bits per heavy atom. The number of hydrogen-bond acceptors (Lipinski definition) is 4. The molecule has 0 radical (unpaired) electrons. The lowest BCUT2D eigenvalue weighted by Crippen LogP contribution is -2.41. The van der Waals surface area contributed by atoms with Gasteiger partial charge in [0.25, 0.3) is 0 Å². The molecule has 0 aromatic rings. The number of rotatable bonds is 1. The summed E-state index contributed by atoms with van der Waals surface area (Å²) in [5.74, 6) is 0.739. The van der Waals surface area contributed by atoms with Crippen molar-refractivity contribution in [3.63, 3.8) is 0 Å². The lowest BCUT2D eigenvalue weighted by Gasteiger charge is -2.32. The molecule has 2 aliphatic rings. The van der Waals surface area contributed by atoms with Crippen LogP contribution in [0.1, 0.15) is 40.5 Å². The van der Waals surface area contributed by atoms with Gasteiger partial charge in [-0.15, -0.1) is 0 Å². The van der Waals surface area contributed by atoms with E-state index in [9.17, 15) is 8.42 Å². The van der Waals surface area contributed by atoms with E-state index in [0.717, 1.165) is 0 Å². The SMILES string of the molecule is CC1(C)OB(C2CCS(=O)(=O)CC2)OC1(C)C. The molecule has 0 aromatic carbocycles. The molecule has 0 atom stereocenters. The van der Waals surface area contributed by atoms with Crippen LogP contribution in [-0.2, 0) is 19.1 Å². The highest BCUT2D eigenvalue weighted by Gasteiger charge is 2.54. The first kappa shape index (κ1) is 13.4. The van der Waals surface area contributed by atoms with Crippen LogP contribution < -0.4 is 0 Å². The van der Waals surface area contributed by atoms with Gasteiger partial charge in [-0.3, -0.25) is 0 Å². The topological polar surface area (TPSA) is 52.6 Å². The molecule has 0 unspecified atom stereocenters. The van der Waals surface area contributed by atoms with E-state index < -0.39 is 9.84 Å². The molecule has 2 heterocycles. The monoisotopic (exact) mass is 260 g/mol. The standard InChI is InChI=1S/C11H21BO4S/c1-10(2)11(3,4)16-12(15-10)9-5-7-17(13,14)8-6-9/h9H,5-8H2,1-4H3. The maximum atomic E-state index is 11.4. The predicted octanol–water partition coefficient (Wildman–Crippen LogP) is 1.66. The van der Waals surface area contributed by atoms with Crippen molar-refractivity contribution in [1.29, 1.82) is 0 Å². The fraction of sp³-hybridized carbons (Fsp3) is 1.00. The first-order valence-corrected chi connectivity index (χ1v) is 8.01. The van der Waals surface area contributed by atoms with Gasteiger partial charge in [-0.2, -0.15) is 0 Å². The van der Waals surface area contributed by atoms with Crippen LogP contribution >= 0.6 is 0 Å². The maximum absolute atomic E-state index is 11.4. The summed E-state index contributed by atoms with van der Waals surface area (Å²) in [6.07, 6.45) is 1.30. The summed E-state index contributed by atoms with van der Waals surface area (Å²) in [7, 11) is -3.07. The normalized spacial score (nSPS) is 31.6. The zero-order valence-corrected chi connectivity index (χ0v) is 11.8. The molecule has 2 aliphatic heterocycles. The van der Waals surface area contributed by atoms with Crippen LogP contribution in [0.25, 0.3) is 0 Å². The first-order chi connectivity index (χ1) is 7.63. The Hall–Kier alpha value is -0.0651. The molecule has 6 heteroatoms. The minimum Gasteiger partial charge on any atom is -0.403 e. The van der Waals surface area contributed by atoms with Crippen LogP contribution in [-0.4, -0.2) is 38.2 Å². The fourth-order valence-corrected chi connectivity index (χ4v) is 3.79. The van der Waals surface area contributed by atoms with Gasteiger partial charge in [0.2, 0.25) is 0 Å². The molecule has 2 fully saturated rings. The number of hydrogen-bond donors (Lipinski definition) is 0. The molecule has 0 aliphatic carbocycles. The van der Waals surface area contributed by atoms with Crippen molar-refractivity contribution < 1.29 is 17.7 Å². The minimum absolute atomic E-state index is 0.208. The molecule has 2 saturated heterocycles. The zero-order valence-electron chi connectivity index (χ0n) is 11.0. The lowest BCUT2D eigenvalue weighted by atomic mass is 9.68. The van der Waals surface area contributed by atoms with Gasteiger partial charge in [0.1, 0.15) is 9.84 Å². The summed E-state index contributed by atoms with van der Waals surface area (Å²) in [5.41, 5.74) is -0.651. The molecule has 0 bridgehead atoms. The van der Waals surface area contributed by atoms with E-state index in [1.165, 1.54) is 0 Å². The maximum Gasteiger partial charge on any atom is 0.461 e. The fourth-order valence-electron chi connectivity index (χ4n) is 2.26. The van der Waals surface area contributed by atoms with Crippen LogP contribution in [0.15, 0.2) is 0 Å². The van der Waals surface area contributed by atoms with E-state index in [-0.39, 0.29) is 35.6 Å². The lowest BCUT2D eigenvalue weighted by molar-refractivity contribution is 0.00578. The smallest absolute Gasteiger partial charge is 0.403 e. The van der Waals surface area contributed by atoms with Gasteiger partial charge in [-0.25, -0.2) is 8.42 Å². The summed E-state index contributed by atoms with van der Waals surface area (Å²) in [6, 6.07) is 0. The third-order valence-electron chi connectivity index (χ3n) is 4.26. The highest BCUT2D eigenvalue weighted by Crippen LogP contribution is 2.42. The van der Waals surface area contributed by atoms with Crippen LogP contribution in [0.2, 0.25) is 5.82 Å². The molecule has 0 N–H and O–H groups in total. The van der Waals surface area contributed by atoms with Crippen molar-refractivity contribution in [2.24, 2.45) is 0 Å². The van der Waals surface area contributed by atoms with Crippen LogP contribution in [0, 0.1) is 0 Å². The Labute approximate surface area is 104 Å². The average molecular weight is 260 g/mol.